The fourth-order valence-corrected chi connectivity index (χ4v) is 4.30. The molecule has 4 rings (SSSR count). The highest BCUT2D eigenvalue weighted by molar-refractivity contribution is 8.14. The van der Waals surface area contributed by atoms with E-state index in [0.717, 1.165) is 28.9 Å². The van der Waals surface area contributed by atoms with Crippen LogP contribution in [0, 0.1) is 0 Å². The fourth-order valence-electron chi connectivity index (χ4n) is 3.26. The Morgan fingerprint density at radius 3 is 2.59 bits per heavy atom. The average molecular weight is 376 g/mol. The van der Waals surface area contributed by atoms with Gasteiger partial charge in [-0.3, -0.25) is 4.99 Å². The first-order valence-electron chi connectivity index (χ1n) is 8.72. The van der Waals surface area contributed by atoms with Crippen molar-refractivity contribution < 1.29 is 4.74 Å². The van der Waals surface area contributed by atoms with Crippen molar-refractivity contribution in [2.24, 2.45) is 10.7 Å². The molecule has 0 saturated carbocycles. The molecule has 5 nitrogen and oxygen atoms in total. The largest absolute Gasteiger partial charge is 0.497 e. The van der Waals surface area contributed by atoms with Crippen LogP contribution in [0.25, 0.3) is 11.1 Å². The van der Waals surface area contributed by atoms with Crippen molar-refractivity contribution in [2.75, 3.05) is 7.11 Å². The average Bonchev–Trinajstić information content (AvgIpc) is 2.74. The maximum atomic E-state index is 6.17. The van der Waals surface area contributed by atoms with Gasteiger partial charge in [-0.15, -0.1) is 0 Å². The highest BCUT2D eigenvalue weighted by atomic mass is 32.2. The summed E-state index contributed by atoms with van der Waals surface area (Å²) in [6.07, 6.45) is 6.06. The smallest absolute Gasteiger partial charge is 0.155 e. The molecule has 2 atom stereocenters. The van der Waals surface area contributed by atoms with Gasteiger partial charge < -0.3 is 10.5 Å². The molecule has 6 heteroatoms. The third-order valence-corrected chi connectivity index (χ3v) is 5.71. The Kier molecular flexibility index (Phi) is 5.07. The third kappa shape index (κ3) is 3.95. The van der Waals surface area contributed by atoms with Gasteiger partial charge in [0.05, 0.1) is 13.2 Å². The molecule has 0 fully saturated rings. The quantitative estimate of drug-likeness (QED) is 0.731. The Bertz CT molecular complexity index is 961. The maximum Gasteiger partial charge on any atom is 0.155 e. The highest BCUT2D eigenvalue weighted by Gasteiger charge is 2.26. The summed E-state index contributed by atoms with van der Waals surface area (Å²) in [4.78, 5) is 12.9. The molecule has 2 N–H and O–H groups in total. The van der Waals surface area contributed by atoms with E-state index < -0.39 is 0 Å². The topological polar surface area (TPSA) is 73.4 Å². The lowest BCUT2D eigenvalue weighted by atomic mass is 9.96. The predicted molar refractivity (Wildman–Crippen MR) is 110 cm³/mol. The number of ether oxygens (including phenoxy) is 1. The molecule has 2 unspecified atom stereocenters. The zero-order chi connectivity index (χ0) is 18.6. The Balaban J connectivity index is 1.63. The zero-order valence-electron chi connectivity index (χ0n) is 14.9. The van der Waals surface area contributed by atoms with Gasteiger partial charge in [-0.1, -0.05) is 42.1 Å². The molecule has 27 heavy (non-hydrogen) atoms. The Morgan fingerprint density at radius 2 is 1.78 bits per heavy atom. The Labute approximate surface area is 162 Å². The van der Waals surface area contributed by atoms with Gasteiger partial charge in [-0.05, 0) is 41.3 Å². The van der Waals surface area contributed by atoms with Crippen molar-refractivity contribution in [1.29, 1.82) is 0 Å². The molecule has 3 aromatic rings. The first kappa shape index (κ1) is 17.5. The molecule has 0 spiro atoms. The molecule has 136 valence electrons. The van der Waals surface area contributed by atoms with Crippen LogP contribution in [0.5, 0.6) is 5.75 Å². The van der Waals surface area contributed by atoms with Gasteiger partial charge in [0.15, 0.2) is 5.17 Å². The summed E-state index contributed by atoms with van der Waals surface area (Å²) >= 11 is 1.61. The van der Waals surface area contributed by atoms with E-state index >= 15 is 0 Å². The minimum atomic E-state index is 0.0204. The SMILES string of the molecule is COc1cccc(C2CC(c3cccc(-c4cncnc4)c3)N=C(N)S2)c1. The van der Waals surface area contributed by atoms with Gasteiger partial charge in [0.2, 0.25) is 0 Å². The van der Waals surface area contributed by atoms with Crippen LogP contribution in [0.1, 0.15) is 28.8 Å². The van der Waals surface area contributed by atoms with E-state index in [0.29, 0.717) is 5.17 Å². The highest BCUT2D eigenvalue weighted by Crippen LogP contribution is 2.43. The third-order valence-electron chi connectivity index (χ3n) is 4.61. The van der Waals surface area contributed by atoms with E-state index in [1.54, 1.807) is 18.9 Å². The van der Waals surface area contributed by atoms with Crippen molar-refractivity contribution in [3.63, 3.8) is 0 Å². The summed E-state index contributed by atoms with van der Waals surface area (Å²) in [5, 5.41) is 0.860. The minimum absolute atomic E-state index is 0.0204. The lowest BCUT2D eigenvalue weighted by molar-refractivity contribution is 0.414. The summed E-state index contributed by atoms with van der Waals surface area (Å²) < 4.78 is 5.37. The molecule has 1 aromatic heterocycles. The van der Waals surface area contributed by atoms with Crippen LogP contribution < -0.4 is 10.5 Å². The Morgan fingerprint density at radius 1 is 1.00 bits per heavy atom. The molecule has 0 saturated heterocycles. The van der Waals surface area contributed by atoms with E-state index in [1.807, 2.05) is 30.6 Å². The van der Waals surface area contributed by atoms with E-state index in [4.69, 9.17) is 15.5 Å². The van der Waals surface area contributed by atoms with Crippen LogP contribution in [-0.2, 0) is 0 Å². The second-order valence-electron chi connectivity index (χ2n) is 6.35. The van der Waals surface area contributed by atoms with E-state index in [9.17, 15) is 0 Å². The zero-order valence-corrected chi connectivity index (χ0v) is 15.8. The monoisotopic (exact) mass is 376 g/mol. The molecular weight excluding hydrogens is 356 g/mol. The van der Waals surface area contributed by atoms with Crippen molar-refractivity contribution >= 4 is 16.9 Å². The number of aromatic nitrogens is 2. The summed E-state index contributed by atoms with van der Waals surface area (Å²) in [6, 6.07) is 16.6. The fraction of sp³-hybridized carbons (Fsp3) is 0.190. The number of thioether (sulfide) groups is 1. The molecule has 0 bridgehead atoms. The second kappa shape index (κ2) is 7.80. The first-order valence-corrected chi connectivity index (χ1v) is 9.60. The van der Waals surface area contributed by atoms with Crippen LogP contribution >= 0.6 is 11.8 Å². The second-order valence-corrected chi connectivity index (χ2v) is 7.58. The summed E-state index contributed by atoms with van der Waals surface area (Å²) in [7, 11) is 1.69. The molecule has 0 radical (unpaired) electrons. The first-order chi connectivity index (χ1) is 13.2. The molecule has 1 aliphatic heterocycles. The van der Waals surface area contributed by atoms with Crippen LogP contribution in [0.2, 0.25) is 0 Å². The predicted octanol–water partition coefficient (Wildman–Crippen LogP) is 4.39. The number of nitrogens with two attached hydrogens (primary N) is 1. The minimum Gasteiger partial charge on any atom is -0.497 e. The van der Waals surface area contributed by atoms with Crippen LogP contribution in [0.15, 0.2) is 72.2 Å². The number of nitrogens with zero attached hydrogens (tertiary/aromatic N) is 3. The molecule has 2 heterocycles. The van der Waals surface area contributed by atoms with Crippen molar-refractivity contribution in [2.45, 2.75) is 17.7 Å². The molecule has 2 aromatic carbocycles. The number of amidine groups is 1. The van der Waals surface area contributed by atoms with E-state index in [-0.39, 0.29) is 11.3 Å². The summed E-state index contributed by atoms with van der Waals surface area (Å²) in [5.41, 5.74) is 10.6. The molecular formula is C21H20N4OS. The number of benzene rings is 2. The number of hydrogen-bond acceptors (Lipinski definition) is 6. The summed E-state index contributed by atoms with van der Waals surface area (Å²) in [5.74, 6) is 0.858. The lowest BCUT2D eigenvalue weighted by Gasteiger charge is -2.27. The van der Waals surface area contributed by atoms with E-state index in [2.05, 4.69) is 40.3 Å². The molecule has 0 amide bonds. The lowest BCUT2D eigenvalue weighted by Crippen LogP contribution is -2.18. The molecule has 1 aliphatic rings. The molecule has 0 aliphatic carbocycles. The van der Waals surface area contributed by atoms with Gasteiger partial charge in [-0.2, -0.15) is 0 Å². The van der Waals surface area contributed by atoms with Crippen molar-refractivity contribution in [3.8, 4) is 16.9 Å². The number of rotatable bonds is 4. The van der Waals surface area contributed by atoms with Crippen LogP contribution in [-0.4, -0.2) is 22.2 Å². The standard InChI is InChI=1S/C21H20N4OS/c1-26-18-7-3-6-16(9-18)20-10-19(25-21(22)27-20)15-5-2-4-14(8-15)17-11-23-13-24-12-17/h2-9,11-13,19-20H,10H2,1H3,(H2,22,25). The van der Waals surface area contributed by atoms with E-state index in [1.165, 1.54) is 11.9 Å². The van der Waals surface area contributed by atoms with Crippen LogP contribution in [0.4, 0.5) is 0 Å². The van der Waals surface area contributed by atoms with Gasteiger partial charge in [0.1, 0.15) is 12.1 Å². The maximum absolute atomic E-state index is 6.17. The van der Waals surface area contributed by atoms with Gasteiger partial charge in [0.25, 0.3) is 0 Å². The normalized spacial score (nSPS) is 19.4. The van der Waals surface area contributed by atoms with Gasteiger partial charge in [0, 0.05) is 23.2 Å². The van der Waals surface area contributed by atoms with Crippen LogP contribution in [0.3, 0.4) is 0 Å². The number of aliphatic imine (C=N–C) groups is 1. The van der Waals surface area contributed by atoms with Crippen molar-refractivity contribution in [1.82, 2.24) is 9.97 Å². The summed E-state index contributed by atoms with van der Waals surface area (Å²) in [6.45, 7) is 0. The van der Waals surface area contributed by atoms with Gasteiger partial charge >= 0.3 is 0 Å². The number of methoxy groups -OCH3 is 1. The Hall–Kier alpha value is -2.86. The van der Waals surface area contributed by atoms with Gasteiger partial charge in [-0.25, -0.2) is 9.97 Å². The number of hydrogen-bond donors (Lipinski definition) is 1. The van der Waals surface area contributed by atoms with Crippen molar-refractivity contribution in [3.05, 3.63) is 78.4 Å².